The third-order valence-corrected chi connectivity index (χ3v) is 2.07. The Morgan fingerprint density at radius 1 is 1.29 bits per heavy atom. The molecule has 3 nitrogen and oxygen atoms in total. The molecule has 0 aliphatic carbocycles. The SMILES string of the molecule is Cc1cnccc1-n1ccccc1=O. The number of nitrogens with zero attached hydrogens (tertiary/aromatic N) is 2. The first kappa shape index (κ1) is 8.69. The topological polar surface area (TPSA) is 34.9 Å². The van der Waals surface area contributed by atoms with E-state index in [1.807, 2.05) is 19.1 Å². The molecule has 0 radical (unpaired) electrons. The van der Waals surface area contributed by atoms with Crippen LogP contribution in [0, 0.1) is 6.92 Å². The van der Waals surface area contributed by atoms with Gasteiger partial charge in [-0.15, -0.1) is 0 Å². The maximum Gasteiger partial charge on any atom is 0.255 e. The summed E-state index contributed by atoms with van der Waals surface area (Å²) in [6, 6.07) is 6.94. The first-order chi connectivity index (χ1) is 6.79. The van der Waals surface area contributed by atoms with Gasteiger partial charge in [-0.2, -0.15) is 0 Å². The van der Waals surface area contributed by atoms with Gasteiger partial charge < -0.3 is 0 Å². The molecule has 3 heteroatoms. The molecule has 0 fully saturated rings. The predicted molar refractivity (Wildman–Crippen MR) is 54.6 cm³/mol. The third-order valence-electron chi connectivity index (χ3n) is 2.07. The van der Waals surface area contributed by atoms with Crippen LogP contribution >= 0.6 is 0 Å². The van der Waals surface area contributed by atoms with E-state index in [1.165, 1.54) is 0 Å². The molecule has 0 aliphatic rings. The molecule has 0 amide bonds. The van der Waals surface area contributed by atoms with Crippen LogP contribution in [0.5, 0.6) is 0 Å². The summed E-state index contributed by atoms with van der Waals surface area (Å²) in [7, 11) is 0. The van der Waals surface area contributed by atoms with Crippen LogP contribution in [0.2, 0.25) is 0 Å². The van der Waals surface area contributed by atoms with Gasteiger partial charge in [0, 0.05) is 24.7 Å². The molecule has 2 aromatic heterocycles. The molecule has 0 aliphatic heterocycles. The van der Waals surface area contributed by atoms with Crippen molar-refractivity contribution in [1.29, 1.82) is 0 Å². The minimum absolute atomic E-state index is 0.0261. The molecule has 0 saturated carbocycles. The Morgan fingerprint density at radius 3 is 2.86 bits per heavy atom. The predicted octanol–water partition coefficient (Wildman–Crippen LogP) is 1.54. The standard InChI is InChI=1S/C11H10N2O/c1-9-8-12-6-5-10(9)13-7-3-2-4-11(13)14/h2-8H,1H3. The maximum absolute atomic E-state index is 11.5. The van der Waals surface area contributed by atoms with Crippen LogP contribution in [0.15, 0.2) is 47.7 Å². The molecule has 2 heterocycles. The fourth-order valence-electron chi connectivity index (χ4n) is 1.36. The van der Waals surface area contributed by atoms with E-state index in [4.69, 9.17) is 0 Å². The molecule has 0 bridgehead atoms. The summed E-state index contributed by atoms with van der Waals surface area (Å²) < 4.78 is 1.61. The summed E-state index contributed by atoms with van der Waals surface area (Å²) >= 11 is 0. The van der Waals surface area contributed by atoms with E-state index in [1.54, 1.807) is 35.3 Å². The minimum Gasteiger partial charge on any atom is -0.284 e. The molecule has 0 atom stereocenters. The van der Waals surface area contributed by atoms with Gasteiger partial charge in [0.2, 0.25) is 0 Å². The van der Waals surface area contributed by atoms with Gasteiger partial charge >= 0.3 is 0 Å². The number of hydrogen-bond acceptors (Lipinski definition) is 2. The highest BCUT2D eigenvalue weighted by Gasteiger charge is 2.00. The lowest BCUT2D eigenvalue weighted by molar-refractivity contribution is 0.970. The fraction of sp³-hybridized carbons (Fsp3) is 0.0909. The third kappa shape index (κ3) is 1.44. The summed E-state index contributed by atoms with van der Waals surface area (Å²) in [6.07, 6.45) is 5.18. The van der Waals surface area contributed by atoms with Gasteiger partial charge in [0.15, 0.2) is 0 Å². The Bertz CT molecular complexity index is 502. The molecule has 0 spiro atoms. The lowest BCUT2D eigenvalue weighted by Gasteiger charge is -2.06. The summed E-state index contributed by atoms with van der Waals surface area (Å²) in [5.74, 6) is 0. The molecule has 14 heavy (non-hydrogen) atoms. The van der Waals surface area contributed by atoms with Gasteiger partial charge in [0.05, 0.1) is 5.69 Å². The Morgan fingerprint density at radius 2 is 2.14 bits per heavy atom. The van der Waals surface area contributed by atoms with Crippen molar-refractivity contribution < 1.29 is 0 Å². The molecular weight excluding hydrogens is 176 g/mol. The van der Waals surface area contributed by atoms with Crippen molar-refractivity contribution >= 4 is 0 Å². The molecule has 0 saturated heterocycles. The van der Waals surface area contributed by atoms with Crippen molar-refractivity contribution in [2.45, 2.75) is 6.92 Å². The highest BCUT2D eigenvalue weighted by molar-refractivity contribution is 5.37. The average Bonchev–Trinajstić information content (AvgIpc) is 2.20. The molecular formula is C11H10N2O. The smallest absolute Gasteiger partial charge is 0.255 e. The van der Waals surface area contributed by atoms with Crippen LogP contribution in [-0.4, -0.2) is 9.55 Å². The monoisotopic (exact) mass is 186 g/mol. The van der Waals surface area contributed by atoms with Gasteiger partial charge in [0.1, 0.15) is 0 Å². The van der Waals surface area contributed by atoms with E-state index < -0.39 is 0 Å². The van der Waals surface area contributed by atoms with Crippen LogP contribution in [0.4, 0.5) is 0 Å². The van der Waals surface area contributed by atoms with Gasteiger partial charge in [-0.1, -0.05) is 6.07 Å². The largest absolute Gasteiger partial charge is 0.284 e. The second kappa shape index (κ2) is 3.46. The van der Waals surface area contributed by atoms with E-state index in [2.05, 4.69) is 4.98 Å². The highest BCUT2D eigenvalue weighted by atomic mass is 16.1. The van der Waals surface area contributed by atoms with E-state index in [9.17, 15) is 4.79 Å². The summed E-state index contributed by atoms with van der Waals surface area (Å²) in [6.45, 7) is 1.93. The molecule has 2 rings (SSSR count). The summed E-state index contributed by atoms with van der Waals surface area (Å²) in [5, 5.41) is 0. The number of hydrogen-bond donors (Lipinski definition) is 0. The van der Waals surface area contributed by atoms with E-state index in [0.717, 1.165) is 11.3 Å². The first-order valence-corrected chi connectivity index (χ1v) is 4.38. The van der Waals surface area contributed by atoms with Gasteiger partial charge in [-0.25, -0.2) is 0 Å². The van der Waals surface area contributed by atoms with Crippen molar-refractivity contribution in [3.05, 3.63) is 58.8 Å². The number of rotatable bonds is 1. The number of pyridine rings is 2. The van der Waals surface area contributed by atoms with Crippen molar-refractivity contribution in [3.8, 4) is 5.69 Å². The summed E-state index contributed by atoms with van der Waals surface area (Å²) in [4.78, 5) is 15.5. The van der Waals surface area contributed by atoms with E-state index in [-0.39, 0.29) is 5.56 Å². The Balaban J connectivity index is 2.67. The van der Waals surface area contributed by atoms with Gasteiger partial charge in [-0.3, -0.25) is 14.3 Å². The second-order valence-electron chi connectivity index (χ2n) is 3.07. The Kier molecular flexibility index (Phi) is 2.14. The van der Waals surface area contributed by atoms with Crippen molar-refractivity contribution in [2.24, 2.45) is 0 Å². The molecule has 2 aromatic rings. The average molecular weight is 186 g/mol. The minimum atomic E-state index is -0.0261. The fourth-order valence-corrected chi connectivity index (χ4v) is 1.36. The normalized spacial score (nSPS) is 10.1. The molecule has 0 aromatic carbocycles. The van der Waals surface area contributed by atoms with Crippen LogP contribution in [0.3, 0.4) is 0 Å². The van der Waals surface area contributed by atoms with Crippen LogP contribution in [-0.2, 0) is 0 Å². The second-order valence-corrected chi connectivity index (χ2v) is 3.07. The van der Waals surface area contributed by atoms with Crippen LogP contribution in [0.25, 0.3) is 5.69 Å². The zero-order valence-corrected chi connectivity index (χ0v) is 7.84. The zero-order chi connectivity index (χ0) is 9.97. The van der Waals surface area contributed by atoms with Crippen molar-refractivity contribution in [3.63, 3.8) is 0 Å². The summed E-state index contributed by atoms with van der Waals surface area (Å²) in [5.41, 5.74) is 1.84. The van der Waals surface area contributed by atoms with E-state index in [0.29, 0.717) is 0 Å². The highest BCUT2D eigenvalue weighted by Crippen LogP contribution is 2.08. The Labute approximate surface area is 81.7 Å². The van der Waals surface area contributed by atoms with Crippen molar-refractivity contribution in [1.82, 2.24) is 9.55 Å². The van der Waals surface area contributed by atoms with Crippen molar-refractivity contribution in [2.75, 3.05) is 0 Å². The molecule has 0 unspecified atom stereocenters. The lowest BCUT2D eigenvalue weighted by atomic mass is 10.2. The number of aryl methyl sites for hydroxylation is 1. The Hall–Kier alpha value is -1.90. The first-order valence-electron chi connectivity index (χ1n) is 4.38. The maximum atomic E-state index is 11.5. The number of aromatic nitrogens is 2. The molecule has 0 N–H and O–H groups in total. The van der Waals surface area contributed by atoms with Crippen LogP contribution < -0.4 is 5.56 Å². The van der Waals surface area contributed by atoms with Crippen LogP contribution in [0.1, 0.15) is 5.56 Å². The van der Waals surface area contributed by atoms with Gasteiger partial charge in [-0.05, 0) is 24.6 Å². The lowest BCUT2D eigenvalue weighted by Crippen LogP contribution is -2.16. The zero-order valence-electron chi connectivity index (χ0n) is 7.84. The molecule has 70 valence electrons. The quantitative estimate of drug-likeness (QED) is 0.677. The van der Waals surface area contributed by atoms with E-state index >= 15 is 0 Å². The van der Waals surface area contributed by atoms with Gasteiger partial charge in [0.25, 0.3) is 5.56 Å².